The van der Waals surface area contributed by atoms with Crippen molar-refractivity contribution in [3.05, 3.63) is 65.2 Å². The third kappa shape index (κ3) is 3.95. The van der Waals surface area contributed by atoms with E-state index in [1.54, 1.807) is 0 Å². The number of aryl methyl sites for hydroxylation is 2. The van der Waals surface area contributed by atoms with Gasteiger partial charge in [0.1, 0.15) is 11.9 Å². The van der Waals surface area contributed by atoms with Crippen LogP contribution in [0.4, 0.5) is 0 Å². The van der Waals surface area contributed by atoms with Crippen molar-refractivity contribution >= 4 is 5.91 Å². The number of amides is 1. The lowest BCUT2D eigenvalue weighted by atomic mass is 10.1. The Bertz CT molecular complexity index is 699. The second kappa shape index (κ2) is 7.49. The summed E-state index contributed by atoms with van der Waals surface area (Å²) in [6.45, 7) is 5.88. The summed E-state index contributed by atoms with van der Waals surface area (Å²) in [4.78, 5) is 14.3. The fourth-order valence-corrected chi connectivity index (χ4v) is 2.79. The highest BCUT2D eigenvalue weighted by Gasteiger charge is 2.25. The summed E-state index contributed by atoms with van der Waals surface area (Å²) >= 11 is 0. The standard InChI is InChI=1S/C20H23NO3/c1-15-8-9-18(12-16(15)2)24-14-20(22)21-10-11-23-19(13-21)17-6-4-3-5-7-17/h3-9,12,19H,10-11,13-14H2,1-2H3. The third-order valence-corrected chi connectivity index (χ3v) is 4.43. The van der Waals surface area contributed by atoms with Crippen LogP contribution in [-0.4, -0.2) is 37.1 Å². The molecule has 1 aliphatic rings. The average molecular weight is 325 g/mol. The topological polar surface area (TPSA) is 38.8 Å². The molecule has 1 aliphatic heterocycles. The van der Waals surface area contributed by atoms with Crippen molar-refractivity contribution in [2.45, 2.75) is 20.0 Å². The molecule has 1 saturated heterocycles. The summed E-state index contributed by atoms with van der Waals surface area (Å²) in [5.74, 6) is 0.733. The molecule has 3 rings (SSSR count). The predicted octanol–water partition coefficient (Wildman–Crippen LogP) is 3.28. The minimum absolute atomic E-state index is 0.00235. The van der Waals surface area contributed by atoms with E-state index >= 15 is 0 Å². The van der Waals surface area contributed by atoms with Crippen molar-refractivity contribution in [1.29, 1.82) is 0 Å². The van der Waals surface area contributed by atoms with Crippen LogP contribution in [0.1, 0.15) is 22.8 Å². The minimum Gasteiger partial charge on any atom is -0.484 e. The number of nitrogens with zero attached hydrogens (tertiary/aromatic N) is 1. The van der Waals surface area contributed by atoms with Gasteiger partial charge in [-0.25, -0.2) is 0 Å². The van der Waals surface area contributed by atoms with Gasteiger partial charge >= 0.3 is 0 Å². The van der Waals surface area contributed by atoms with E-state index in [2.05, 4.69) is 6.92 Å². The van der Waals surface area contributed by atoms with Gasteiger partial charge in [-0.2, -0.15) is 0 Å². The Morgan fingerprint density at radius 2 is 1.96 bits per heavy atom. The summed E-state index contributed by atoms with van der Waals surface area (Å²) < 4.78 is 11.5. The largest absolute Gasteiger partial charge is 0.484 e. The molecule has 0 radical (unpaired) electrons. The number of hydrogen-bond acceptors (Lipinski definition) is 3. The minimum atomic E-state index is -0.0643. The zero-order chi connectivity index (χ0) is 16.9. The Kier molecular flexibility index (Phi) is 5.16. The highest BCUT2D eigenvalue weighted by molar-refractivity contribution is 5.78. The number of benzene rings is 2. The molecular formula is C20H23NO3. The lowest BCUT2D eigenvalue weighted by molar-refractivity contribution is -0.141. The van der Waals surface area contributed by atoms with Crippen LogP contribution < -0.4 is 4.74 Å². The molecule has 126 valence electrons. The first-order chi connectivity index (χ1) is 11.6. The van der Waals surface area contributed by atoms with Crippen LogP contribution in [0.5, 0.6) is 5.75 Å². The summed E-state index contributed by atoms with van der Waals surface area (Å²) in [6, 6.07) is 15.9. The SMILES string of the molecule is Cc1ccc(OCC(=O)N2CCOC(c3ccccc3)C2)cc1C. The zero-order valence-corrected chi connectivity index (χ0v) is 14.2. The Balaban J connectivity index is 1.57. The molecule has 0 aromatic heterocycles. The van der Waals surface area contributed by atoms with Gasteiger partial charge in [-0.3, -0.25) is 4.79 Å². The molecule has 0 spiro atoms. The lowest BCUT2D eigenvalue weighted by Crippen LogP contribution is -2.44. The smallest absolute Gasteiger partial charge is 0.260 e. The van der Waals surface area contributed by atoms with Crippen LogP contribution in [0.3, 0.4) is 0 Å². The molecule has 2 aromatic rings. The van der Waals surface area contributed by atoms with E-state index < -0.39 is 0 Å². The molecule has 0 saturated carbocycles. The van der Waals surface area contributed by atoms with Gasteiger partial charge in [-0.05, 0) is 42.7 Å². The second-order valence-electron chi connectivity index (χ2n) is 6.14. The molecule has 4 nitrogen and oxygen atoms in total. The normalized spacial score (nSPS) is 17.6. The van der Waals surface area contributed by atoms with E-state index in [9.17, 15) is 4.79 Å². The maximum absolute atomic E-state index is 12.4. The van der Waals surface area contributed by atoms with E-state index in [4.69, 9.17) is 9.47 Å². The van der Waals surface area contributed by atoms with Crippen LogP contribution in [-0.2, 0) is 9.53 Å². The number of carbonyl (C=O) groups is 1. The Hall–Kier alpha value is -2.33. The summed E-state index contributed by atoms with van der Waals surface area (Å²) in [7, 11) is 0. The Labute approximate surface area is 143 Å². The number of morpholine rings is 1. The maximum atomic E-state index is 12.4. The Morgan fingerprint density at radius 1 is 1.17 bits per heavy atom. The molecule has 1 amide bonds. The number of hydrogen-bond donors (Lipinski definition) is 0. The van der Waals surface area contributed by atoms with Crippen LogP contribution in [0.15, 0.2) is 48.5 Å². The van der Waals surface area contributed by atoms with E-state index in [0.717, 1.165) is 16.9 Å². The first-order valence-corrected chi connectivity index (χ1v) is 8.28. The molecule has 4 heteroatoms. The van der Waals surface area contributed by atoms with Gasteiger partial charge in [0, 0.05) is 6.54 Å². The molecule has 0 aliphatic carbocycles. The van der Waals surface area contributed by atoms with Gasteiger partial charge in [0.15, 0.2) is 6.61 Å². The van der Waals surface area contributed by atoms with Crippen LogP contribution in [0.25, 0.3) is 0 Å². The molecule has 1 atom stereocenters. The second-order valence-corrected chi connectivity index (χ2v) is 6.14. The highest BCUT2D eigenvalue weighted by atomic mass is 16.5. The molecular weight excluding hydrogens is 302 g/mol. The average Bonchev–Trinajstić information content (AvgIpc) is 2.63. The number of carbonyl (C=O) groups excluding carboxylic acids is 1. The molecule has 24 heavy (non-hydrogen) atoms. The van der Waals surface area contributed by atoms with Crippen molar-refractivity contribution in [3.8, 4) is 5.75 Å². The van der Waals surface area contributed by atoms with E-state index in [-0.39, 0.29) is 18.6 Å². The summed E-state index contributed by atoms with van der Waals surface area (Å²) in [6.07, 6.45) is -0.0643. The van der Waals surface area contributed by atoms with Gasteiger partial charge in [-0.1, -0.05) is 36.4 Å². The van der Waals surface area contributed by atoms with Crippen LogP contribution in [0.2, 0.25) is 0 Å². The molecule has 0 bridgehead atoms. The van der Waals surface area contributed by atoms with Crippen molar-refractivity contribution < 1.29 is 14.3 Å². The molecule has 1 heterocycles. The molecule has 0 N–H and O–H groups in total. The molecule has 2 aromatic carbocycles. The summed E-state index contributed by atoms with van der Waals surface area (Å²) in [5.41, 5.74) is 3.48. The van der Waals surface area contributed by atoms with E-state index in [0.29, 0.717) is 19.7 Å². The van der Waals surface area contributed by atoms with Crippen LogP contribution in [0, 0.1) is 13.8 Å². The van der Waals surface area contributed by atoms with Gasteiger partial charge in [0.25, 0.3) is 5.91 Å². The number of ether oxygens (including phenoxy) is 2. The first-order valence-electron chi connectivity index (χ1n) is 8.28. The zero-order valence-electron chi connectivity index (χ0n) is 14.2. The fraction of sp³-hybridized carbons (Fsp3) is 0.350. The van der Waals surface area contributed by atoms with Crippen molar-refractivity contribution in [1.82, 2.24) is 4.90 Å². The fourth-order valence-electron chi connectivity index (χ4n) is 2.79. The van der Waals surface area contributed by atoms with Gasteiger partial charge in [-0.15, -0.1) is 0 Å². The maximum Gasteiger partial charge on any atom is 0.260 e. The first kappa shape index (κ1) is 16.5. The van der Waals surface area contributed by atoms with E-state index in [1.807, 2.05) is 60.4 Å². The van der Waals surface area contributed by atoms with Crippen molar-refractivity contribution in [2.24, 2.45) is 0 Å². The monoisotopic (exact) mass is 325 g/mol. The lowest BCUT2D eigenvalue weighted by Gasteiger charge is -2.33. The third-order valence-electron chi connectivity index (χ3n) is 4.43. The number of rotatable bonds is 4. The highest BCUT2D eigenvalue weighted by Crippen LogP contribution is 2.22. The molecule has 1 fully saturated rings. The Morgan fingerprint density at radius 3 is 2.71 bits per heavy atom. The predicted molar refractivity (Wildman–Crippen MR) is 93.1 cm³/mol. The van der Waals surface area contributed by atoms with Crippen LogP contribution >= 0.6 is 0 Å². The van der Waals surface area contributed by atoms with Crippen molar-refractivity contribution in [3.63, 3.8) is 0 Å². The van der Waals surface area contributed by atoms with E-state index in [1.165, 1.54) is 5.56 Å². The molecule has 1 unspecified atom stereocenters. The van der Waals surface area contributed by atoms with Gasteiger partial charge < -0.3 is 14.4 Å². The van der Waals surface area contributed by atoms with Crippen molar-refractivity contribution in [2.75, 3.05) is 26.3 Å². The quantitative estimate of drug-likeness (QED) is 0.866. The van der Waals surface area contributed by atoms with Gasteiger partial charge in [0.05, 0.1) is 13.2 Å². The van der Waals surface area contributed by atoms with Gasteiger partial charge in [0.2, 0.25) is 0 Å². The summed E-state index contributed by atoms with van der Waals surface area (Å²) in [5, 5.41) is 0.